The summed E-state index contributed by atoms with van der Waals surface area (Å²) in [5.74, 6) is -0.335. The van der Waals surface area contributed by atoms with Crippen molar-refractivity contribution in [1.29, 1.82) is 5.26 Å². The van der Waals surface area contributed by atoms with Gasteiger partial charge in [-0.25, -0.2) is 4.39 Å². The molecule has 4 heteroatoms. The number of nitrogens with zero attached hydrogens (tertiary/aromatic N) is 3. The summed E-state index contributed by atoms with van der Waals surface area (Å²) in [5.41, 5.74) is 1.25. The second-order valence-electron chi connectivity index (χ2n) is 4.99. The molecular formula is C15H22FN3. The van der Waals surface area contributed by atoms with Crippen molar-refractivity contribution >= 4 is 0 Å². The molecule has 1 aromatic carbocycles. The molecular weight excluding hydrogens is 241 g/mol. The van der Waals surface area contributed by atoms with Crippen LogP contribution in [0.1, 0.15) is 24.5 Å². The summed E-state index contributed by atoms with van der Waals surface area (Å²) in [6.45, 7) is 5.73. The molecule has 0 fully saturated rings. The predicted octanol–water partition coefficient (Wildman–Crippen LogP) is 2.47. The Morgan fingerprint density at radius 1 is 1.21 bits per heavy atom. The van der Waals surface area contributed by atoms with Gasteiger partial charge in [0.05, 0.1) is 11.6 Å². The summed E-state index contributed by atoms with van der Waals surface area (Å²) < 4.78 is 13.4. The molecule has 1 aromatic rings. The molecule has 0 amide bonds. The van der Waals surface area contributed by atoms with E-state index >= 15 is 0 Å². The molecule has 1 rings (SSSR count). The number of nitriles is 1. The van der Waals surface area contributed by atoms with E-state index in [1.165, 1.54) is 12.1 Å². The Hall–Kier alpha value is -1.44. The van der Waals surface area contributed by atoms with Gasteiger partial charge >= 0.3 is 0 Å². The third-order valence-corrected chi connectivity index (χ3v) is 3.02. The van der Waals surface area contributed by atoms with E-state index in [0.29, 0.717) is 12.1 Å². The van der Waals surface area contributed by atoms with Gasteiger partial charge in [0.2, 0.25) is 0 Å². The Labute approximate surface area is 115 Å². The molecule has 0 spiro atoms. The van der Waals surface area contributed by atoms with Crippen LogP contribution < -0.4 is 0 Å². The van der Waals surface area contributed by atoms with Gasteiger partial charge in [0.25, 0.3) is 0 Å². The Bertz CT molecular complexity index is 438. The fourth-order valence-electron chi connectivity index (χ4n) is 2.02. The Balaban J connectivity index is 2.60. The minimum absolute atomic E-state index is 0.335. The summed E-state index contributed by atoms with van der Waals surface area (Å²) in [5, 5.41) is 8.84. The predicted molar refractivity (Wildman–Crippen MR) is 75.2 cm³/mol. The van der Waals surface area contributed by atoms with Crippen LogP contribution in [0.15, 0.2) is 18.2 Å². The number of halogens is 1. The van der Waals surface area contributed by atoms with Gasteiger partial charge in [-0.05, 0) is 63.9 Å². The van der Waals surface area contributed by atoms with Crippen LogP contribution in [-0.4, -0.2) is 43.5 Å². The lowest BCUT2D eigenvalue weighted by molar-refractivity contribution is 0.259. The number of rotatable bonds is 7. The molecule has 0 saturated heterocycles. The monoisotopic (exact) mass is 263 g/mol. The SMILES string of the molecule is CCN(CCCN(C)C)Cc1cc(F)cc(C#N)c1. The van der Waals surface area contributed by atoms with E-state index in [2.05, 4.69) is 30.8 Å². The molecule has 0 aliphatic rings. The van der Waals surface area contributed by atoms with E-state index in [9.17, 15) is 4.39 Å². The molecule has 0 aromatic heterocycles. The Morgan fingerprint density at radius 2 is 1.95 bits per heavy atom. The van der Waals surface area contributed by atoms with Gasteiger partial charge in [0.15, 0.2) is 0 Å². The van der Waals surface area contributed by atoms with Gasteiger partial charge in [0.1, 0.15) is 5.82 Å². The first-order valence-electron chi connectivity index (χ1n) is 6.61. The molecule has 3 nitrogen and oxygen atoms in total. The molecule has 0 unspecified atom stereocenters. The maximum absolute atomic E-state index is 13.4. The number of hydrogen-bond acceptors (Lipinski definition) is 3. The van der Waals surface area contributed by atoms with Crippen molar-refractivity contribution in [3.8, 4) is 6.07 Å². The first-order chi connectivity index (χ1) is 9.05. The maximum Gasteiger partial charge on any atom is 0.124 e. The minimum atomic E-state index is -0.335. The molecule has 0 aliphatic carbocycles. The summed E-state index contributed by atoms with van der Waals surface area (Å²) in [7, 11) is 4.12. The van der Waals surface area contributed by atoms with Gasteiger partial charge in [-0.2, -0.15) is 5.26 Å². The molecule has 0 saturated carbocycles. The second-order valence-corrected chi connectivity index (χ2v) is 4.99. The summed E-state index contributed by atoms with van der Waals surface area (Å²) in [6.07, 6.45) is 1.08. The maximum atomic E-state index is 13.4. The average Bonchev–Trinajstić information content (AvgIpc) is 2.36. The molecule has 0 N–H and O–H groups in total. The highest BCUT2D eigenvalue weighted by Crippen LogP contribution is 2.11. The van der Waals surface area contributed by atoms with Crippen molar-refractivity contribution in [1.82, 2.24) is 9.80 Å². The molecule has 19 heavy (non-hydrogen) atoms. The van der Waals surface area contributed by atoms with Crippen LogP contribution in [0.2, 0.25) is 0 Å². The first-order valence-corrected chi connectivity index (χ1v) is 6.61. The Kier molecular flexibility index (Phi) is 6.48. The van der Waals surface area contributed by atoms with Crippen molar-refractivity contribution < 1.29 is 4.39 Å². The van der Waals surface area contributed by atoms with E-state index in [0.717, 1.165) is 31.6 Å². The fourth-order valence-corrected chi connectivity index (χ4v) is 2.02. The molecule has 0 radical (unpaired) electrons. The lowest BCUT2D eigenvalue weighted by Gasteiger charge is -2.21. The average molecular weight is 263 g/mol. The molecule has 0 heterocycles. The third kappa shape index (κ3) is 5.82. The second kappa shape index (κ2) is 7.88. The van der Waals surface area contributed by atoms with E-state index < -0.39 is 0 Å². The van der Waals surface area contributed by atoms with Crippen LogP contribution in [0.4, 0.5) is 4.39 Å². The highest BCUT2D eigenvalue weighted by atomic mass is 19.1. The van der Waals surface area contributed by atoms with Crippen LogP contribution in [0.3, 0.4) is 0 Å². The largest absolute Gasteiger partial charge is 0.309 e. The highest BCUT2D eigenvalue weighted by Gasteiger charge is 2.06. The molecule has 104 valence electrons. The van der Waals surface area contributed by atoms with Crippen LogP contribution in [0, 0.1) is 17.1 Å². The molecule has 0 bridgehead atoms. The van der Waals surface area contributed by atoms with Gasteiger partial charge < -0.3 is 4.90 Å². The van der Waals surface area contributed by atoms with Crippen molar-refractivity contribution in [2.75, 3.05) is 33.7 Å². The minimum Gasteiger partial charge on any atom is -0.309 e. The third-order valence-electron chi connectivity index (χ3n) is 3.02. The van der Waals surface area contributed by atoms with Crippen molar-refractivity contribution in [2.45, 2.75) is 19.9 Å². The van der Waals surface area contributed by atoms with Gasteiger partial charge in [0, 0.05) is 6.54 Å². The summed E-state index contributed by atoms with van der Waals surface area (Å²) in [6, 6.07) is 6.53. The van der Waals surface area contributed by atoms with Crippen LogP contribution in [0.25, 0.3) is 0 Å². The van der Waals surface area contributed by atoms with E-state index in [-0.39, 0.29) is 5.82 Å². The van der Waals surface area contributed by atoms with Gasteiger partial charge in [-0.1, -0.05) is 6.92 Å². The zero-order chi connectivity index (χ0) is 14.3. The lowest BCUT2D eigenvalue weighted by atomic mass is 10.1. The van der Waals surface area contributed by atoms with Gasteiger partial charge in [-0.15, -0.1) is 0 Å². The smallest absolute Gasteiger partial charge is 0.124 e. The van der Waals surface area contributed by atoms with Gasteiger partial charge in [-0.3, -0.25) is 4.90 Å². The lowest BCUT2D eigenvalue weighted by Crippen LogP contribution is -2.27. The number of benzene rings is 1. The van der Waals surface area contributed by atoms with Crippen molar-refractivity contribution in [3.63, 3.8) is 0 Å². The molecule has 0 aliphatic heterocycles. The zero-order valence-electron chi connectivity index (χ0n) is 12.0. The van der Waals surface area contributed by atoms with E-state index in [4.69, 9.17) is 5.26 Å². The van der Waals surface area contributed by atoms with Crippen molar-refractivity contribution in [2.24, 2.45) is 0 Å². The Morgan fingerprint density at radius 3 is 2.53 bits per heavy atom. The summed E-state index contributed by atoms with van der Waals surface area (Å²) >= 11 is 0. The highest BCUT2D eigenvalue weighted by molar-refractivity contribution is 5.33. The quantitative estimate of drug-likeness (QED) is 0.757. The van der Waals surface area contributed by atoms with E-state index in [1.54, 1.807) is 6.07 Å². The van der Waals surface area contributed by atoms with E-state index in [1.807, 2.05) is 6.07 Å². The number of hydrogen-bond donors (Lipinski definition) is 0. The topological polar surface area (TPSA) is 30.3 Å². The zero-order valence-corrected chi connectivity index (χ0v) is 12.0. The van der Waals surface area contributed by atoms with Crippen molar-refractivity contribution in [3.05, 3.63) is 35.1 Å². The van der Waals surface area contributed by atoms with Crippen LogP contribution >= 0.6 is 0 Å². The first kappa shape index (κ1) is 15.6. The molecule has 0 atom stereocenters. The standard InChI is InChI=1S/C15H22FN3/c1-4-19(7-5-6-18(2)3)12-14-8-13(11-17)9-15(16)10-14/h8-10H,4-7,12H2,1-3H3. The normalized spacial score (nSPS) is 11.0. The van der Waals surface area contributed by atoms with Crippen LogP contribution in [0.5, 0.6) is 0 Å². The summed E-state index contributed by atoms with van der Waals surface area (Å²) in [4.78, 5) is 4.42. The fraction of sp³-hybridized carbons (Fsp3) is 0.533. The van der Waals surface area contributed by atoms with Crippen LogP contribution in [-0.2, 0) is 6.54 Å².